The summed E-state index contributed by atoms with van der Waals surface area (Å²) in [6.45, 7) is 0. The Hall–Kier alpha value is -2.49. The SMILES string of the molecule is COC(=O)c1cccc(Oc2ccccc2)c1N. The molecule has 0 aliphatic carbocycles. The minimum absolute atomic E-state index is 0.271. The molecule has 0 heterocycles. The molecule has 2 aromatic carbocycles. The average Bonchev–Trinajstić information content (AvgIpc) is 2.41. The molecule has 0 spiro atoms. The van der Waals surface area contributed by atoms with Crippen LogP contribution in [-0.4, -0.2) is 13.1 Å². The fourth-order valence-electron chi connectivity index (χ4n) is 1.54. The van der Waals surface area contributed by atoms with Crippen LogP contribution in [-0.2, 0) is 4.74 Å². The number of carbonyl (C=O) groups is 1. The van der Waals surface area contributed by atoms with Gasteiger partial charge in [0.25, 0.3) is 0 Å². The monoisotopic (exact) mass is 243 g/mol. The van der Waals surface area contributed by atoms with E-state index in [4.69, 9.17) is 10.5 Å². The van der Waals surface area contributed by atoms with Crippen molar-refractivity contribution in [3.05, 3.63) is 54.1 Å². The van der Waals surface area contributed by atoms with Crippen molar-refractivity contribution >= 4 is 11.7 Å². The molecule has 4 nitrogen and oxygen atoms in total. The topological polar surface area (TPSA) is 61.5 Å². The average molecular weight is 243 g/mol. The zero-order valence-corrected chi connectivity index (χ0v) is 9.92. The third-order valence-corrected chi connectivity index (χ3v) is 2.44. The Bertz CT molecular complexity index is 552. The van der Waals surface area contributed by atoms with Crippen molar-refractivity contribution in [2.45, 2.75) is 0 Å². The van der Waals surface area contributed by atoms with Crippen LogP contribution in [0.3, 0.4) is 0 Å². The quantitative estimate of drug-likeness (QED) is 0.665. The van der Waals surface area contributed by atoms with Gasteiger partial charge in [0.1, 0.15) is 5.75 Å². The zero-order chi connectivity index (χ0) is 13.0. The van der Waals surface area contributed by atoms with Crippen LogP contribution in [0, 0.1) is 0 Å². The molecule has 0 radical (unpaired) electrons. The molecule has 18 heavy (non-hydrogen) atoms. The number of nitrogen functional groups attached to an aromatic ring is 1. The fourth-order valence-corrected chi connectivity index (χ4v) is 1.54. The first-order valence-corrected chi connectivity index (χ1v) is 5.42. The summed E-state index contributed by atoms with van der Waals surface area (Å²) in [6.07, 6.45) is 0. The highest BCUT2D eigenvalue weighted by Crippen LogP contribution is 2.30. The van der Waals surface area contributed by atoms with Crippen LogP contribution >= 0.6 is 0 Å². The highest BCUT2D eigenvalue weighted by molar-refractivity contribution is 5.96. The molecule has 2 rings (SSSR count). The number of hydrogen-bond donors (Lipinski definition) is 1. The third-order valence-electron chi connectivity index (χ3n) is 2.44. The molecule has 0 unspecified atom stereocenters. The van der Waals surface area contributed by atoms with Gasteiger partial charge in [0.15, 0.2) is 5.75 Å². The first-order chi connectivity index (χ1) is 8.72. The Labute approximate surface area is 105 Å². The number of ether oxygens (including phenoxy) is 2. The number of nitrogens with two attached hydrogens (primary N) is 1. The number of methoxy groups -OCH3 is 1. The summed E-state index contributed by atoms with van der Waals surface area (Å²) in [5.74, 6) is 0.612. The number of benzene rings is 2. The van der Waals surface area contributed by atoms with Gasteiger partial charge in [-0.15, -0.1) is 0 Å². The predicted octanol–water partition coefficient (Wildman–Crippen LogP) is 2.85. The van der Waals surface area contributed by atoms with Crippen molar-refractivity contribution in [1.82, 2.24) is 0 Å². The molecular weight excluding hydrogens is 230 g/mol. The van der Waals surface area contributed by atoms with E-state index in [9.17, 15) is 4.79 Å². The van der Waals surface area contributed by atoms with Gasteiger partial charge in [-0.3, -0.25) is 0 Å². The highest BCUT2D eigenvalue weighted by atomic mass is 16.5. The Morgan fingerprint density at radius 3 is 2.44 bits per heavy atom. The highest BCUT2D eigenvalue weighted by Gasteiger charge is 2.13. The lowest BCUT2D eigenvalue weighted by atomic mass is 10.1. The second-order valence-corrected chi connectivity index (χ2v) is 3.62. The molecule has 0 bridgehead atoms. The van der Waals surface area contributed by atoms with Gasteiger partial charge in [-0.25, -0.2) is 4.79 Å². The maximum absolute atomic E-state index is 11.5. The molecule has 4 heteroatoms. The maximum atomic E-state index is 11.5. The summed E-state index contributed by atoms with van der Waals surface area (Å²) in [6, 6.07) is 14.2. The standard InChI is InChI=1S/C14H13NO3/c1-17-14(16)11-8-5-9-12(13(11)15)18-10-6-3-2-4-7-10/h2-9H,15H2,1H3. The zero-order valence-electron chi connectivity index (χ0n) is 9.92. The van der Waals surface area contributed by atoms with Crippen molar-refractivity contribution in [3.8, 4) is 11.5 Å². The summed E-state index contributed by atoms with van der Waals surface area (Å²) >= 11 is 0. The number of rotatable bonds is 3. The first-order valence-electron chi connectivity index (χ1n) is 5.42. The molecular formula is C14H13NO3. The van der Waals surface area contributed by atoms with E-state index < -0.39 is 5.97 Å². The molecule has 0 amide bonds. The number of anilines is 1. The first kappa shape index (κ1) is 12.0. The summed E-state index contributed by atoms with van der Waals surface area (Å²) < 4.78 is 10.3. The van der Waals surface area contributed by atoms with E-state index in [1.807, 2.05) is 30.3 Å². The van der Waals surface area contributed by atoms with Crippen molar-refractivity contribution in [2.24, 2.45) is 0 Å². The van der Waals surface area contributed by atoms with Gasteiger partial charge in [0.2, 0.25) is 0 Å². The second kappa shape index (κ2) is 5.23. The lowest BCUT2D eigenvalue weighted by Gasteiger charge is -2.10. The van der Waals surface area contributed by atoms with Gasteiger partial charge in [0, 0.05) is 0 Å². The lowest BCUT2D eigenvalue weighted by molar-refractivity contribution is 0.0601. The molecule has 0 fully saturated rings. The molecule has 92 valence electrons. The van der Waals surface area contributed by atoms with Crippen molar-refractivity contribution in [1.29, 1.82) is 0 Å². The van der Waals surface area contributed by atoms with Crippen LogP contribution < -0.4 is 10.5 Å². The van der Waals surface area contributed by atoms with Gasteiger partial charge in [-0.05, 0) is 24.3 Å². The maximum Gasteiger partial charge on any atom is 0.340 e. The van der Waals surface area contributed by atoms with Crippen LogP contribution in [0.4, 0.5) is 5.69 Å². The summed E-state index contributed by atoms with van der Waals surface area (Å²) in [5, 5.41) is 0. The van der Waals surface area contributed by atoms with E-state index in [2.05, 4.69) is 4.74 Å². The van der Waals surface area contributed by atoms with E-state index >= 15 is 0 Å². The molecule has 2 N–H and O–H groups in total. The van der Waals surface area contributed by atoms with Crippen molar-refractivity contribution in [2.75, 3.05) is 12.8 Å². The van der Waals surface area contributed by atoms with E-state index in [0.717, 1.165) is 0 Å². The van der Waals surface area contributed by atoms with E-state index in [1.165, 1.54) is 7.11 Å². The number of carbonyl (C=O) groups excluding carboxylic acids is 1. The largest absolute Gasteiger partial charge is 0.465 e. The van der Waals surface area contributed by atoms with Crippen LogP contribution in [0.15, 0.2) is 48.5 Å². The summed E-state index contributed by atoms with van der Waals surface area (Å²) in [7, 11) is 1.31. The molecule has 0 aliphatic rings. The van der Waals surface area contributed by atoms with Gasteiger partial charge in [-0.2, -0.15) is 0 Å². The third kappa shape index (κ3) is 2.43. The molecule has 2 aromatic rings. The minimum Gasteiger partial charge on any atom is -0.465 e. The fraction of sp³-hybridized carbons (Fsp3) is 0.0714. The molecule has 0 saturated carbocycles. The molecule has 0 aromatic heterocycles. The lowest BCUT2D eigenvalue weighted by Crippen LogP contribution is -2.06. The summed E-state index contributed by atoms with van der Waals surface area (Å²) in [4.78, 5) is 11.5. The summed E-state index contributed by atoms with van der Waals surface area (Å²) in [5.41, 5.74) is 6.45. The number of hydrogen-bond acceptors (Lipinski definition) is 4. The van der Waals surface area contributed by atoms with Crippen LogP contribution in [0.5, 0.6) is 11.5 Å². The molecule has 0 atom stereocenters. The van der Waals surface area contributed by atoms with Crippen molar-refractivity contribution < 1.29 is 14.3 Å². The molecule has 0 aliphatic heterocycles. The normalized spacial score (nSPS) is 9.83. The van der Waals surface area contributed by atoms with Gasteiger partial charge in [-0.1, -0.05) is 24.3 Å². The van der Waals surface area contributed by atoms with Gasteiger partial charge >= 0.3 is 5.97 Å². The van der Waals surface area contributed by atoms with Gasteiger partial charge < -0.3 is 15.2 Å². The number of para-hydroxylation sites is 2. The van der Waals surface area contributed by atoms with Crippen LogP contribution in [0.25, 0.3) is 0 Å². The Morgan fingerprint density at radius 1 is 1.06 bits per heavy atom. The van der Waals surface area contributed by atoms with Crippen LogP contribution in [0.2, 0.25) is 0 Å². The second-order valence-electron chi connectivity index (χ2n) is 3.62. The van der Waals surface area contributed by atoms with E-state index in [-0.39, 0.29) is 5.69 Å². The van der Waals surface area contributed by atoms with E-state index in [1.54, 1.807) is 18.2 Å². The van der Waals surface area contributed by atoms with E-state index in [0.29, 0.717) is 17.1 Å². The number of esters is 1. The van der Waals surface area contributed by atoms with Gasteiger partial charge in [0.05, 0.1) is 18.4 Å². The Balaban J connectivity index is 2.32. The Kier molecular flexibility index (Phi) is 3.48. The predicted molar refractivity (Wildman–Crippen MR) is 68.7 cm³/mol. The van der Waals surface area contributed by atoms with Crippen molar-refractivity contribution in [3.63, 3.8) is 0 Å². The Morgan fingerprint density at radius 2 is 1.78 bits per heavy atom. The minimum atomic E-state index is -0.481. The smallest absolute Gasteiger partial charge is 0.340 e. The van der Waals surface area contributed by atoms with Crippen LogP contribution in [0.1, 0.15) is 10.4 Å². The molecule has 0 saturated heterocycles.